The van der Waals surface area contributed by atoms with E-state index in [2.05, 4.69) is 54.0 Å². The first-order chi connectivity index (χ1) is 16.3. The van der Waals surface area contributed by atoms with Crippen molar-refractivity contribution in [3.63, 3.8) is 0 Å². The van der Waals surface area contributed by atoms with Crippen LogP contribution in [0.25, 0.3) is 0 Å². The second kappa shape index (κ2) is 10.7. The summed E-state index contributed by atoms with van der Waals surface area (Å²) in [5.74, 6) is 3.87. The van der Waals surface area contributed by atoms with Crippen LogP contribution in [0, 0.1) is 17.8 Å². The molecule has 0 bridgehead atoms. The Hall–Kier alpha value is -2.73. The maximum absolute atomic E-state index is 13.1. The number of ether oxygens (including phenoxy) is 3. The summed E-state index contributed by atoms with van der Waals surface area (Å²) in [5.41, 5.74) is 2.49. The lowest BCUT2D eigenvalue weighted by Gasteiger charge is -2.31. The van der Waals surface area contributed by atoms with Gasteiger partial charge in [0.15, 0.2) is 11.5 Å². The minimum absolute atomic E-state index is 0.000146. The maximum Gasteiger partial charge on any atom is 0.231 e. The topological polar surface area (TPSA) is 51.2 Å². The van der Waals surface area contributed by atoms with E-state index in [0.29, 0.717) is 17.8 Å². The number of carbonyl (C=O) groups is 1. The van der Waals surface area contributed by atoms with Crippen molar-refractivity contribution in [2.24, 2.45) is 17.8 Å². The van der Waals surface area contributed by atoms with Crippen molar-refractivity contribution >= 4 is 5.91 Å². The van der Waals surface area contributed by atoms with Crippen molar-refractivity contribution in [2.45, 2.75) is 40.2 Å². The van der Waals surface area contributed by atoms with Crippen LogP contribution in [0.15, 0.2) is 42.5 Å². The fraction of sp³-hybridized carbons (Fsp3) is 0.536. The largest absolute Gasteiger partial charge is 0.497 e. The molecular formula is C28H38N2O4. The minimum Gasteiger partial charge on any atom is -0.497 e. The van der Waals surface area contributed by atoms with E-state index >= 15 is 0 Å². The lowest BCUT2D eigenvalue weighted by atomic mass is 9.88. The predicted molar refractivity (Wildman–Crippen MR) is 133 cm³/mol. The van der Waals surface area contributed by atoms with Crippen LogP contribution in [0.5, 0.6) is 17.2 Å². The molecule has 1 saturated heterocycles. The molecule has 2 aliphatic rings. The van der Waals surface area contributed by atoms with Gasteiger partial charge in [-0.3, -0.25) is 9.69 Å². The molecule has 2 atom stereocenters. The van der Waals surface area contributed by atoms with E-state index in [9.17, 15) is 4.79 Å². The van der Waals surface area contributed by atoms with Gasteiger partial charge in [-0.2, -0.15) is 0 Å². The van der Waals surface area contributed by atoms with Gasteiger partial charge < -0.3 is 19.1 Å². The fourth-order valence-corrected chi connectivity index (χ4v) is 5.17. The number of benzene rings is 2. The monoisotopic (exact) mass is 466 g/mol. The highest BCUT2D eigenvalue weighted by Crippen LogP contribution is 2.37. The van der Waals surface area contributed by atoms with Crippen molar-refractivity contribution in [1.82, 2.24) is 9.80 Å². The lowest BCUT2D eigenvalue weighted by Crippen LogP contribution is -2.41. The predicted octanol–water partition coefficient (Wildman–Crippen LogP) is 4.78. The molecule has 0 aromatic heterocycles. The first-order valence-corrected chi connectivity index (χ1v) is 12.4. The van der Waals surface area contributed by atoms with E-state index in [1.807, 2.05) is 26.0 Å². The first-order valence-electron chi connectivity index (χ1n) is 12.4. The van der Waals surface area contributed by atoms with E-state index in [1.165, 1.54) is 11.1 Å². The van der Waals surface area contributed by atoms with Gasteiger partial charge in [-0.1, -0.05) is 45.9 Å². The highest BCUT2D eigenvalue weighted by atomic mass is 16.7. The van der Waals surface area contributed by atoms with E-state index < -0.39 is 0 Å². The van der Waals surface area contributed by atoms with Gasteiger partial charge in [-0.15, -0.1) is 0 Å². The summed E-state index contributed by atoms with van der Waals surface area (Å²) < 4.78 is 16.6. The minimum atomic E-state index is 0.000146. The Morgan fingerprint density at radius 1 is 1.09 bits per heavy atom. The van der Waals surface area contributed by atoms with Gasteiger partial charge in [0.05, 0.1) is 7.11 Å². The summed E-state index contributed by atoms with van der Waals surface area (Å²) in [6, 6.07) is 14.6. The normalized spacial score (nSPS) is 19.7. The average molecular weight is 467 g/mol. The van der Waals surface area contributed by atoms with Gasteiger partial charge in [-0.05, 0) is 47.2 Å². The molecule has 1 amide bonds. The number of amides is 1. The number of rotatable bonds is 9. The quantitative estimate of drug-likeness (QED) is 0.532. The average Bonchev–Trinajstić information content (AvgIpc) is 3.44. The Balaban J connectivity index is 1.56. The fourth-order valence-electron chi connectivity index (χ4n) is 5.17. The number of nitrogens with zero attached hydrogens (tertiary/aromatic N) is 2. The van der Waals surface area contributed by atoms with Gasteiger partial charge in [0, 0.05) is 44.6 Å². The van der Waals surface area contributed by atoms with Gasteiger partial charge in [0.25, 0.3) is 0 Å². The van der Waals surface area contributed by atoms with Crippen molar-refractivity contribution in [3.8, 4) is 17.2 Å². The third kappa shape index (κ3) is 5.66. The summed E-state index contributed by atoms with van der Waals surface area (Å²) in [6.07, 6.45) is 0. The highest BCUT2D eigenvalue weighted by Gasteiger charge is 2.36. The van der Waals surface area contributed by atoms with E-state index in [1.54, 1.807) is 7.11 Å². The molecule has 0 N–H and O–H groups in total. The second-order valence-electron chi connectivity index (χ2n) is 10.3. The molecule has 2 aliphatic heterocycles. The van der Waals surface area contributed by atoms with Crippen LogP contribution in [0.2, 0.25) is 0 Å². The molecular weight excluding hydrogens is 428 g/mol. The van der Waals surface area contributed by atoms with Gasteiger partial charge >= 0.3 is 0 Å². The molecule has 6 heteroatoms. The van der Waals surface area contributed by atoms with Gasteiger partial charge in [-0.25, -0.2) is 0 Å². The third-order valence-electron chi connectivity index (χ3n) is 6.73. The number of fused-ring (bicyclic) bond motifs is 1. The van der Waals surface area contributed by atoms with Crippen molar-refractivity contribution < 1.29 is 19.0 Å². The van der Waals surface area contributed by atoms with Crippen LogP contribution >= 0.6 is 0 Å². The molecule has 2 aromatic rings. The zero-order valence-corrected chi connectivity index (χ0v) is 21.1. The summed E-state index contributed by atoms with van der Waals surface area (Å²) in [5, 5.41) is 0. The number of hydrogen-bond donors (Lipinski definition) is 0. The Bertz CT molecular complexity index is 990. The Kier molecular flexibility index (Phi) is 7.67. The van der Waals surface area contributed by atoms with E-state index in [-0.39, 0.29) is 18.6 Å². The lowest BCUT2D eigenvalue weighted by molar-refractivity contribution is -0.135. The maximum atomic E-state index is 13.1. The summed E-state index contributed by atoms with van der Waals surface area (Å²) in [7, 11) is 1.71. The molecule has 0 radical (unpaired) electrons. The summed E-state index contributed by atoms with van der Waals surface area (Å²) in [6.45, 7) is 12.9. The summed E-state index contributed by atoms with van der Waals surface area (Å²) in [4.78, 5) is 17.7. The smallest absolute Gasteiger partial charge is 0.231 e. The van der Waals surface area contributed by atoms with E-state index in [0.717, 1.165) is 50.0 Å². The number of hydrogen-bond acceptors (Lipinski definition) is 5. The molecule has 4 rings (SSSR count). The zero-order valence-electron chi connectivity index (χ0n) is 21.1. The number of carbonyl (C=O) groups excluding carboxylic acids is 1. The van der Waals surface area contributed by atoms with E-state index in [4.69, 9.17) is 14.2 Å². The summed E-state index contributed by atoms with van der Waals surface area (Å²) >= 11 is 0. The number of methoxy groups -OCH3 is 1. The molecule has 6 nitrogen and oxygen atoms in total. The van der Waals surface area contributed by atoms with Crippen LogP contribution in [-0.4, -0.2) is 55.8 Å². The highest BCUT2D eigenvalue weighted by molar-refractivity contribution is 5.78. The van der Waals surface area contributed by atoms with Gasteiger partial charge in [0.2, 0.25) is 12.7 Å². The second-order valence-corrected chi connectivity index (χ2v) is 10.3. The first kappa shape index (κ1) is 24.4. The van der Waals surface area contributed by atoms with Crippen LogP contribution in [0.3, 0.4) is 0 Å². The van der Waals surface area contributed by atoms with Crippen molar-refractivity contribution in [3.05, 3.63) is 53.6 Å². The SMILES string of the molecule is COc1cccc(C2CN(Cc3ccc4c(c3)OCO4)CC2CN(CC(C)C)C(=O)C(C)C)c1. The van der Waals surface area contributed by atoms with Crippen molar-refractivity contribution in [1.29, 1.82) is 0 Å². The number of likely N-dealkylation sites (tertiary alicyclic amines) is 1. The van der Waals surface area contributed by atoms with Crippen LogP contribution in [0.4, 0.5) is 0 Å². The molecule has 0 spiro atoms. The molecule has 2 aromatic carbocycles. The molecule has 34 heavy (non-hydrogen) atoms. The molecule has 0 saturated carbocycles. The Morgan fingerprint density at radius 3 is 2.62 bits per heavy atom. The van der Waals surface area contributed by atoms with Crippen molar-refractivity contribution in [2.75, 3.05) is 40.1 Å². The Labute approximate surface area is 203 Å². The van der Waals surface area contributed by atoms with Crippen LogP contribution < -0.4 is 14.2 Å². The van der Waals surface area contributed by atoms with Crippen LogP contribution in [-0.2, 0) is 11.3 Å². The molecule has 0 aliphatic carbocycles. The molecule has 2 unspecified atom stereocenters. The third-order valence-corrected chi connectivity index (χ3v) is 6.73. The van der Waals surface area contributed by atoms with Crippen LogP contribution in [0.1, 0.15) is 44.7 Å². The molecule has 2 heterocycles. The Morgan fingerprint density at radius 2 is 1.88 bits per heavy atom. The molecule has 1 fully saturated rings. The zero-order chi connectivity index (χ0) is 24.2. The molecule has 184 valence electrons. The van der Waals surface area contributed by atoms with Gasteiger partial charge in [0.1, 0.15) is 5.75 Å². The standard InChI is InChI=1S/C28H38N2O4/c1-19(2)13-30(28(31)20(3)4)16-23-15-29(14-21-9-10-26-27(11-21)34-18-33-26)17-25(23)22-7-6-8-24(12-22)32-5/h6-12,19-20,23,25H,13-18H2,1-5H3.